The maximum atomic E-state index is 11.9. The maximum absolute atomic E-state index is 11.9. The van der Waals surface area contributed by atoms with Gasteiger partial charge in [0.05, 0.1) is 29.5 Å². The van der Waals surface area contributed by atoms with Gasteiger partial charge in [-0.2, -0.15) is 0 Å². The van der Waals surface area contributed by atoms with Crippen molar-refractivity contribution in [2.45, 2.75) is 71.1 Å². The molecule has 0 aliphatic rings. The number of halogens is 3. The van der Waals surface area contributed by atoms with Crippen LogP contribution in [-0.4, -0.2) is 18.5 Å². The average Bonchev–Trinajstić information content (AvgIpc) is 2.65. The molecule has 0 amide bonds. The third-order valence-corrected chi connectivity index (χ3v) is 5.10. The van der Waals surface area contributed by atoms with Crippen molar-refractivity contribution in [3.8, 4) is 5.75 Å². The fraction of sp³-hybridized carbons (Fsp3) is 0.600. The van der Waals surface area contributed by atoms with E-state index < -0.39 is 11.9 Å². The summed E-state index contributed by atoms with van der Waals surface area (Å²) >= 11 is 17.8. The van der Waals surface area contributed by atoms with Crippen LogP contribution in [0.1, 0.15) is 71.1 Å². The highest BCUT2D eigenvalue weighted by Crippen LogP contribution is 2.38. The molecule has 0 saturated carbocycles. The number of unbranched alkanes of at least 4 members (excludes halogenated alkanes) is 7. The van der Waals surface area contributed by atoms with Crippen LogP contribution in [0.5, 0.6) is 5.75 Å². The number of ether oxygens (including phenoxy) is 2. The zero-order valence-electron chi connectivity index (χ0n) is 15.7. The van der Waals surface area contributed by atoms with Gasteiger partial charge in [0.25, 0.3) is 0 Å². The highest BCUT2D eigenvalue weighted by Gasteiger charge is 2.16. The van der Waals surface area contributed by atoms with E-state index in [1.54, 1.807) is 0 Å². The lowest BCUT2D eigenvalue weighted by molar-refractivity contribution is -0.147. The zero-order chi connectivity index (χ0) is 20.1. The fourth-order valence-electron chi connectivity index (χ4n) is 2.47. The van der Waals surface area contributed by atoms with Crippen LogP contribution in [0.3, 0.4) is 0 Å². The third-order valence-electron chi connectivity index (χ3n) is 4.01. The van der Waals surface area contributed by atoms with E-state index in [0.29, 0.717) is 6.61 Å². The summed E-state index contributed by atoms with van der Waals surface area (Å²) in [4.78, 5) is 23.6. The largest absolute Gasteiger partial charge is 0.466 e. The molecule has 0 heterocycles. The zero-order valence-corrected chi connectivity index (χ0v) is 18.0. The van der Waals surface area contributed by atoms with Crippen molar-refractivity contribution in [1.82, 2.24) is 0 Å². The van der Waals surface area contributed by atoms with E-state index in [9.17, 15) is 9.59 Å². The summed E-state index contributed by atoms with van der Waals surface area (Å²) < 4.78 is 10.2. The lowest BCUT2D eigenvalue weighted by atomic mass is 10.1. The SMILES string of the molecule is CCCCCCCCCCOC(=O)CCC(=O)Oc1c(Cl)ccc(Cl)c1Cl. The molecule has 1 aromatic carbocycles. The molecule has 0 saturated heterocycles. The van der Waals surface area contributed by atoms with Gasteiger partial charge in [-0.25, -0.2) is 0 Å². The highest BCUT2D eigenvalue weighted by molar-refractivity contribution is 6.44. The summed E-state index contributed by atoms with van der Waals surface area (Å²) in [5.41, 5.74) is 0. The first kappa shape index (κ1) is 24.1. The van der Waals surface area contributed by atoms with Crippen LogP contribution in [0.4, 0.5) is 0 Å². The summed E-state index contributed by atoms with van der Waals surface area (Å²) in [6.45, 7) is 2.59. The minimum Gasteiger partial charge on any atom is -0.466 e. The van der Waals surface area contributed by atoms with Gasteiger partial charge in [-0.1, -0.05) is 86.7 Å². The monoisotopic (exact) mass is 436 g/mol. The van der Waals surface area contributed by atoms with Gasteiger partial charge >= 0.3 is 11.9 Å². The van der Waals surface area contributed by atoms with Gasteiger partial charge in [0.2, 0.25) is 0 Å². The van der Waals surface area contributed by atoms with Crippen molar-refractivity contribution < 1.29 is 19.1 Å². The van der Waals surface area contributed by atoms with E-state index in [1.165, 1.54) is 44.2 Å². The first-order valence-electron chi connectivity index (χ1n) is 9.45. The van der Waals surface area contributed by atoms with Crippen molar-refractivity contribution in [1.29, 1.82) is 0 Å². The summed E-state index contributed by atoms with van der Waals surface area (Å²) in [5.74, 6) is -1.04. The van der Waals surface area contributed by atoms with Crippen LogP contribution < -0.4 is 4.74 Å². The van der Waals surface area contributed by atoms with Crippen LogP contribution in [0, 0.1) is 0 Å². The number of rotatable bonds is 13. The first-order chi connectivity index (χ1) is 13.0. The normalized spacial score (nSPS) is 10.7. The molecule has 1 rings (SSSR count). The summed E-state index contributed by atoms with van der Waals surface area (Å²) in [6.07, 6.45) is 9.25. The Bertz CT molecular complexity index is 605. The first-order valence-corrected chi connectivity index (χ1v) is 10.6. The predicted octanol–water partition coefficient (Wildman–Crippen LogP) is 7.02. The Kier molecular flexibility index (Phi) is 12.6. The van der Waals surface area contributed by atoms with Gasteiger partial charge in [-0.05, 0) is 18.6 Å². The molecule has 1 aromatic rings. The number of carbonyl (C=O) groups is 2. The molecule has 7 heteroatoms. The summed E-state index contributed by atoms with van der Waals surface area (Å²) in [6, 6.07) is 2.99. The van der Waals surface area contributed by atoms with Crippen molar-refractivity contribution >= 4 is 46.7 Å². The molecular weight excluding hydrogens is 411 g/mol. The Morgan fingerprint density at radius 2 is 1.37 bits per heavy atom. The van der Waals surface area contributed by atoms with Crippen molar-refractivity contribution in [2.75, 3.05) is 6.61 Å². The Hall–Kier alpha value is -0.970. The topological polar surface area (TPSA) is 52.6 Å². The molecule has 0 N–H and O–H groups in total. The van der Waals surface area contributed by atoms with Gasteiger partial charge in [-0.15, -0.1) is 0 Å². The molecule has 152 valence electrons. The minimum absolute atomic E-state index is 0.00290. The van der Waals surface area contributed by atoms with Crippen molar-refractivity contribution in [3.63, 3.8) is 0 Å². The highest BCUT2D eigenvalue weighted by atomic mass is 35.5. The third kappa shape index (κ3) is 10.2. The molecule has 4 nitrogen and oxygen atoms in total. The quantitative estimate of drug-likeness (QED) is 0.144. The molecule has 0 spiro atoms. The Balaban J connectivity index is 2.14. The number of hydrogen-bond donors (Lipinski definition) is 0. The van der Waals surface area contributed by atoms with Crippen molar-refractivity contribution in [2.24, 2.45) is 0 Å². The average molecular weight is 438 g/mol. The Morgan fingerprint density at radius 3 is 2.04 bits per heavy atom. The lowest BCUT2D eigenvalue weighted by Crippen LogP contribution is -2.13. The minimum atomic E-state index is -0.620. The fourth-order valence-corrected chi connectivity index (χ4v) is 3.06. The van der Waals surface area contributed by atoms with Crippen LogP contribution in [0.2, 0.25) is 15.1 Å². The van der Waals surface area contributed by atoms with E-state index in [0.717, 1.165) is 19.3 Å². The van der Waals surface area contributed by atoms with Crippen LogP contribution >= 0.6 is 34.8 Å². The van der Waals surface area contributed by atoms with Crippen LogP contribution in [0.25, 0.3) is 0 Å². The van der Waals surface area contributed by atoms with Gasteiger partial charge in [0, 0.05) is 0 Å². The second-order valence-corrected chi connectivity index (χ2v) is 7.53. The van der Waals surface area contributed by atoms with E-state index in [1.807, 2.05) is 0 Å². The molecule has 0 fully saturated rings. The number of carbonyl (C=O) groups excluding carboxylic acids is 2. The Labute approximate surface area is 176 Å². The van der Waals surface area contributed by atoms with Crippen molar-refractivity contribution in [3.05, 3.63) is 27.2 Å². The van der Waals surface area contributed by atoms with E-state index in [2.05, 4.69) is 6.92 Å². The van der Waals surface area contributed by atoms with E-state index >= 15 is 0 Å². The number of benzene rings is 1. The second-order valence-electron chi connectivity index (χ2n) is 6.34. The second kappa shape index (κ2) is 14.1. The maximum Gasteiger partial charge on any atom is 0.311 e. The molecule has 0 aromatic heterocycles. The molecule has 0 aliphatic heterocycles. The Morgan fingerprint density at radius 1 is 0.815 bits per heavy atom. The standard InChI is InChI=1S/C20H27Cl3O4/c1-2-3-4-5-6-7-8-9-14-26-17(24)12-13-18(25)27-20-16(22)11-10-15(21)19(20)23/h10-11H,2-9,12-14H2,1H3. The molecule has 0 atom stereocenters. The van der Waals surface area contributed by atoms with Crippen LogP contribution in [-0.2, 0) is 14.3 Å². The van der Waals surface area contributed by atoms with E-state index in [4.69, 9.17) is 44.3 Å². The molecule has 0 bridgehead atoms. The van der Waals surface area contributed by atoms with Crippen LogP contribution in [0.15, 0.2) is 12.1 Å². The lowest BCUT2D eigenvalue weighted by Gasteiger charge is -2.09. The van der Waals surface area contributed by atoms with E-state index in [-0.39, 0.29) is 33.7 Å². The van der Waals surface area contributed by atoms with Gasteiger partial charge in [-0.3, -0.25) is 9.59 Å². The summed E-state index contributed by atoms with van der Waals surface area (Å²) in [5, 5.41) is 0.471. The number of hydrogen-bond acceptors (Lipinski definition) is 4. The van der Waals surface area contributed by atoms with Gasteiger partial charge in [0.1, 0.15) is 5.02 Å². The molecular formula is C20H27Cl3O4. The van der Waals surface area contributed by atoms with Gasteiger partial charge < -0.3 is 9.47 Å². The van der Waals surface area contributed by atoms with Gasteiger partial charge in [0.15, 0.2) is 5.75 Å². The smallest absolute Gasteiger partial charge is 0.311 e. The predicted molar refractivity (Wildman–Crippen MR) is 110 cm³/mol. The number of esters is 2. The molecule has 27 heavy (non-hydrogen) atoms. The molecule has 0 radical (unpaired) electrons. The molecule has 0 unspecified atom stereocenters. The molecule has 0 aliphatic carbocycles. The summed E-state index contributed by atoms with van der Waals surface area (Å²) in [7, 11) is 0.